The lowest BCUT2D eigenvalue weighted by Crippen LogP contribution is -2.55. The fourth-order valence-corrected chi connectivity index (χ4v) is 6.20. The van der Waals surface area contributed by atoms with Crippen molar-refractivity contribution in [1.82, 2.24) is 0 Å². The molecule has 4 aliphatic carbocycles. The molecular weight excluding hydrogens is 184 g/mol. The predicted molar refractivity (Wildman–Crippen MR) is 61.5 cm³/mol. The van der Waals surface area contributed by atoms with E-state index in [-0.39, 0.29) is 0 Å². The molecule has 15 heavy (non-hydrogen) atoms. The predicted octanol–water partition coefficient (Wildman–Crippen LogP) is 3.37. The summed E-state index contributed by atoms with van der Waals surface area (Å²) in [6.45, 7) is 5.41. The Labute approximate surface area is 93.3 Å². The first-order chi connectivity index (χ1) is 6.97. The molecule has 4 rings (SSSR count). The fraction of sp³-hybridized carbons (Fsp3) is 1.00. The number of rotatable bonds is 2. The second-order valence-electron chi connectivity index (χ2n) is 7.60. The van der Waals surface area contributed by atoms with E-state index in [0.717, 1.165) is 12.3 Å². The molecule has 0 aliphatic heterocycles. The highest BCUT2D eigenvalue weighted by atomic mass is 16.3. The van der Waals surface area contributed by atoms with Crippen LogP contribution >= 0.6 is 0 Å². The van der Waals surface area contributed by atoms with Gasteiger partial charge in [0.1, 0.15) is 0 Å². The van der Waals surface area contributed by atoms with Gasteiger partial charge in [0.15, 0.2) is 0 Å². The van der Waals surface area contributed by atoms with Gasteiger partial charge in [-0.15, -0.1) is 0 Å². The van der Waals surface area contributed by atoms with Crippen molar-refractivity contribution in [3.05, 3.63) is 0 Å². The zero-order chi connectivity index (χ0) is 10.7. The molecule has 1 nitrogen and oxygen atoms in total. The van der Waals surface area contributed by atoms with Crippen molar-refractivity contribution in [2.24, 2.45) is 22.2 Å². The van der Waals surface area contributed by atoms with Crippen LogP contribution in [0.25, 0.3) is 0 Å². The quantitative estimate of drug-likeness (QED) is 0.737. The molecule has 0 aromatic rings. The van der Waals surface area contributed by atoms with Crippen LogP contribution in [0.15, 0.2) is 0 Å². The van der Waals surface area contributed by atoms with Gasteiger partial charge in [-0.2, -0.15) is 0 Å². The molecule has 4 saturated carbocycles. The van der Waals surface area contributed by atoms with Crippen molar-refractivity contribution in [1.29, 1.82) is 0 Å². The van der Waals surface area contributed by atoms with Crippen molar-refractivity contribution in [3.8, 4) is 0 Å². The van der Waals surface area contributed by atoms with E-state index in [1.807, 2.05) is 0 Å². The summed E-state index contributed by atoms with van der Waals surface area (Å²) in [7, 11) is 0. The van der Waals surface area contributed by atoms with E-state index in [4.69, 9.17) is 0 Å². The summed E-state index contributed by atoms with van der Waals surface area (Å²) in [6, 6.07) is 0. The van der Waals surface area contributed by atoms with Crippen molar-refractivity contribution < 1.29 is 5.11 Å². The highest BCUT2D eigenvalue weighted by molar-refractivity contribution is 5.10. The Morgan fingerprint density at radius 3 is 2.07 bits per heavy atom. The maximum Gasteiger partial charge on any atom is 0.0436 e. The topological polar surface area (TPSA) is 20.2 Å². The highest BCUT2D eigenvalue weighted by Gasteiger charge is 2.59. The van der Waals surface area contributed by atoms with Crippen LogP contribution in [-0.4, -0.2) is 11.7 Å². The third-order valence-corrected chi connectivity index (χ3v) is 5.38. The molecule has 2 unspecified atom stereocenters. The van der Waals surface area contributed by atoms with E-state index >= 15 is 0 Å². The molecule has 0 aromatic heterocycles. The molecule has 0 saturated heterocycles. The van der Waals surface area contributed by atoms with Gasteiger partial charge < -0.3 is 5.11 Å². The summed E-state index contributed by atoms with van der Waals surface area (Å²) in [4.78, 5) is 0. The Kier molecular flexibility index (Phi) is 1.89. The molecule has 1 heteroatoms. The minimum absolute atomic E-state index is 0.402. The lowest BCUT2D eigenvalue weighted by atomic mass is 9.40. The standard InChI is InChI=1S/C14H24O/c1-12-5-11-6-13(2,8-12)10-14(7-11,9-12)3-4-15/h11,15H,3-10H2,1-2H3. The van der Waals surface area contributed by atoms with Crippen LogP contribution in [0.3, 0.4) is 0 Å². The van der Waals surface area contributed by atoms with E-state index < -0.39 is 0 Å². The van der Waals surface area contributed by atoms with Gasteiger partial charge in [-0.3, -0.25) is 0 Å². The Morgan fingerprint density at radius 2 is 1.60 bits per heavy atom. The summed E-state index contributed by atoms with van der Waals surface area (Å²) in [5, 5.41) is 9.29. The van der Waals surface area contributed by atoms with Crippen molar-refractivity contribution in [3.63, 3.8) is 0 Å². The lowest BCUT2D eigenvalue weighted by molar-refractivity contribution is -0.150. The van der Waals surface area contributed by atoms with Crippen LogP contribution < -0.4 is 0 Å². The van der Waals surface area contributed by atoms with E-state index in [0.29, 0.717) is 22.9 Å². The Morgan fingerprint density at radius 1 is 1.00 bits per heavy atom. The minimum atomic E-state index is 0.402. The normalized spacial score (nSPS) is 57.4. The van der Waals surface area contributed by atoms with Gasteiger partial charge >= 0.3 is 0 Å². The monoisotopic (exact) mass is 208 g/mol. The van der Waals surface area contributed by atoms with E-state index in [1.165, 1.54) is 38.5 Å². The molecule has 2 atom stereocenters. The van der Waals surface area contributed by atoms with Crippen LogP contribution in [0.4, 0.5) is 0 Å². The third kappa shape index (κ3) is 1.46. The second kappa shape index (κ2) is 2.80. The number of hydrogen-bond acceptors (Lipinski definition) is 1. The Bertz CT molecular complexity index is 265. The highest BCUT2D eigenvalue weighted by Crippen LogP contribution is 2.70. The molecule has 1 N–H and O–H groups in total. The molecule has 0 heterocycles. The zero-order valence-electron chi connectivity index (χ0n) is 10.2. The van der Waals surface area contributed by atoms with E-state index in [9.17, 15) is 5.11 Å². The van der Waals surface area contributed by atoms with Gasteiger partial charge in [0.2, 0.25) is 0 Å². The molecule has 0 aromatic carbocycles. The van der Waals surface area contributed by atoms with Crippen molar-refractivity contribution in [2.75, 3.05) is 6.61 Å². The van der Waals surface area contributed by atoms with E-state index in [2.05, 4.69) is 13.8 Å². The van der Waals surface area contributed by atoms with Gasteiger partial charge in [0.25, 0.3) is 0 Å². The lowest BCUT2D eigenvalue weighted by Gasteiger charge is -2.65. The molecule has 4 fully saturated rings. The van der Waals surface area contributed by atoms with Gasteiger partial charge in [-0.05, 0) is 67.1 Å². The first-order valence-corrected chi connectivity index (χ1v) is 6.58. The third-order valence-electron chi connectivity index (χ3n) is 5.38. The zero-order valence-corrected chi connectivity index (χ0v) is 10.2. The molecule has 4 bridgehead atoms. The summed E-state index contributed by atoms with van der Waals surface area (Å²) in [5.41, 5.74) is 1.75. The number of aliphatic hydroxyl groups excluding tert-OH is 1. The summed E-state index contributed by atoms with van der Waals surface area (Å²) >= 11 is 0. The Hall–Kier alpha value is -0.0400. The van der Waals surface area contributed by atoms with Gasteiger partial charge in [-0.1, -0.05) is 13.8 Å². The first-order valence-electron chi connectivity index (χ1n) is 6.58. The van der Waals surface area contributed by atoms with Crippen LogP contribution in [0.1, 0.15) is 58.8 Å². The van der Waals surface area contributed by atoms with Gasteiger partial charge in [0, 0.05) is 6.61 Å². The van der Waals surface area contributed by atoms with Crippen LogP contribution in [-0.2, 0) is 0 Å². The summed E-state index contributed by atoms with van der Waals surface area (Å²) in [5.74, 6) is 0.975. The smallest absolute Gasteiger partial charge is 0.0436 e. The summed E-state index contributed by atoms with van der Waals surface area (Å²) < 4.78 is 0. The Balaban J connectivity index is 1.94. The largest absolute Gasteiger partial charge is 0.396 e. The van der Waals surface area contributed by atoms with Gasteiger partial charge in [-0.25, -0.2) is 0 Å². The molecule has 0 amide bonds. The number of hydrogen-bond donors (Lipinski definition) is 1. The molecule has 4 aliphatic rings. The maximum absolute atomic E-state index is 9.29. The first kappa shape index (κ1) is 10.1. The van der Waals surface area contributed by atoms with Crippen LogP contribution in [0.2, 0.25) is 0 Å². The molecule has 0 spiro atoms. The molecular formula is C14H24O. The average molecular weight is 208 g/mol. The molecule has 0 radical (unpaired) electrons. The minimum Gasteiger partial charge on any atom is -0.396 e. The fourth-order valence-electron chi connectivity index (χ4n) is 6.20. The molecule has 86 valence electrons. The van der Waals surface area contributed by atoms with Crippen molar-refractivity contribution in [2.45, 2.75) is 58.8 Å². The SMILES string of the molecule is CC12CC3CC(C)(C1)CC(CCO)(C3)C2. The second-order valence-corrected chi connectivity index (χ2v) is 7.60. The van der Waals surface area contributed by atoms with Crippen molar-refractivity contribution >= 4 is 0 Å². The maximum atomic E-state index is 9.29. The summed E-state index contributed by atoms with van der Waals surface area (Å²) in [6.07, 6.45) is 9.65. The average Bonchev–Trinajstić information content (AvgIpc) is 1.94. The van der Waals surface area contributed by atoms with E-state index in [1.54, 1.807) is 0 Å². The number of aliphatic hydroxyl groups is 1. The van der Waals surface area contributed by atoms with Crippen LogP contribution in [0.5, 0.6) is 0 Å². The van der Waals surface area contributed by atoms with Gasteiger partial charge in [0.05, 0.1) is 0 Å². The van der Waals surface area contributed by atoms with Crippen LogP contribution in [0, 0.1) is 22.2 Å².